The number of rotatable bonds is 6. The van der Waals surface area contributed by atoms with E-state index in [1.807, 2.05) is 13.8 Å². The molecule has 2 heterocycles. The minimum Gasteiger partial charge on any atom is -0.382 e. The van der Waals surface area contributed by atoms with E-state index >= 15 is 0 Å². The van der Waals surface area contributed by atoms with Crippen LogP contribution in [0.5, 0.6) is 0 Å². The molecule has 0 saturated carbocycles. The van der Waals surface area contributed by atoms with E-state index in [-0.39, 0.29) is 0 Å². The topological polar surface area (TPSA) is 34.3 Å². The first kappa shape index (κ1) is 12.7. The maximum Gasteiger partial charge on any atom is 0.0846 e. The zero-order valence-corrected chi connectivity index (χ0v) is 9.83. The summed E-state index contributed by atoms with van der Waals surface area (Å²) >= 11 is 0. The lowest BCUT2D eigenvalue weighted by Crippen LogP contribution is -1.93. The van der Waals surface area contributed by atoms with Gasteiger partial charge in [-0.25, -0.2) is 0 Å². The highest BCUT2D eigenvalue weighted by molar-refractivity contribution is 5.02. The molecule has 0 radical (unpaired) electrons. The van der Waals surface area contributed by atoms with Gasteiger partial charge in [-0.15, -0.1) is 0 Å². The summed E-state index contributed by atoms with van der Waals surface area (Å²) in [5, 5.41) is 0. The standard InChI is InChI=1S/C8H12O2.C4H10O/c1-6(2-7-4-9-7)3-8-5-10-8;1-3-5-4-2/h7-8H,1-5H2;3-4H2,1-2H3. The predicted molar refractivity (Wildman–Crippen MR) is 60.0 cm³/mol. The Morgan fingerprint density at radius 1 is 1.13 bits per heavy atom. The maximum atomic E-state index is 5.08. The van der Waals surface area contributed by atoms with E-state index in [4.69, 9.17) is 14.2 Å². The lowest BCUT2D eigenvalue weighted by atomic mass is 10.1. The minimum absolute atomic E-state index is 0.492. The summed E-state index contributed by atoms with van der Waals surface area (Å²) in [5.74, 6) is 0. The Hall–Kier alpha value is -0.380. The second kappa shape index (κ2) is 6.99. The van der Waals surface area contributed by atoms with Gasteiger partial charge in [0.15, 0.2) is 0 Å². The molecule has 88 valence electrons. The molecule has 0 aliphatic carbocycles. The first-order chi connectivity index (χ1) is 7.26. The van der Waals surface area contributed by atoms with E-state index in [1.54, 1.807) is 0 Å². The highest BCUT2D eigenvalue weighted by Crippen LogP contribution is 2.25. The molecule has 2 unspecified atom stereocenters. The van der Waals surface area contributed by atoms with E-state index in [0.717, 1.165) is 39.3 Å². The van der Waals surface area contributed by atoms with E-state index in [0.29, 0.717) is 12.2 Å². The number of ether oxygens (including phenoxy) is 3. The lowest BCUT2D eigenvalue weighted by Gasteiger charge is -1.97. The molecule has 2 fully saturated rings. The molecule has 0 bridgehead atoms. The van der Waals surface area contributed by atoms with Gasteiger partial charge >= 0.3 is 0 Å². The molecule has 15 heavy (non-hydrogen) atoms. The van der Waals surface area contributed by atoms with E-state index in [2.05, 4.69) is 6.58 Å². The quantitative estimate of drug-likeness (QED) is 0.502. The summed E-state index contributed by atoms with van der Waals surface area (Å²) in [6.07, 6.45) is 3.07. The van der Waals surface area contributed by atoms with E-state index in [9.17, 15) is 0 Å². The second-order valence-electron chi connectivity index (χ2n) is 3.85. The summed E-state index contributed by atoms with van der Waals surface area (Å²) in [5.41, 5.74) is 1.28. The van der Waals surface area contributed by atoms with Gasteiger partial charge in [0.05, 0.1) is 25.4 Å². The van der Waals surface area contributed by atoms with Crippen molar-refractivity contribution in [1.29, 1.82) is 0 Å². The van der Waals surface area contributed by atoms with Gasteiger partial charge in [-0.2, -0.15) is 0 Å². The fraction of sp³-hybridized carbons (Fsp3) is 0.833. The monoisotopic (exact) mass is 214 g/mol. The molecule has 0 aromatic carbocycles. The number of epoxide rings is 2. The van der Waals surface area contributed by atoms with Crippen LogP contribution in [0.1, 0.15) is 26.7 Å². The Kier molecular flexibility index (Phi) is 5.91. The molecule has 3 nitrogen and oxygen atoms in total. The van der Waals surface area contributed by atoms with Gasteiger partial charge in [0, 0.05) is 13.2 Å². The molecule has 2 aliphatic heterocycles. The zero-order chi connectivity index (χ0) is 11.1. The van der Waals surface area contributed by atoms with Gasteiger partial charge in [0.1, 0.15) is 0 Å². The number of hydrogen-bond acceptors (Lipinski definition) is 3. The van der Waals surface area contributed by atoms with Crippen LogP contribution >= 0.6 is 0 Å². The summed E-state index contributed by atoms with van der Waals surface area (Å²) in [4.78, 5) is 0. The van der Waals surface area contributed by atoms with Crippen LogP contribution in [-0.2, 0) is 14.2 Å². The smallest absolute Gasteiger partial charge is 0.0846 e. The molecule has 2 rings (SSSR count). The van der Waals surface area contributed by atoms with Crippen molar-refractivity contribution in [2.75, 3.05) is 26.4 Å². The molecule has 2 saturated heterocycles. The van der Waals surface area contributed by atoms with Gasteiger partial charge in [-0.3, -0.25) is 0 Å². The third-order valence-corrected chi connectivity index (χ3v) is 2.25. The first-order valence-corrected chi connectivity index (χ1v) is 5.73. The fourth-order valence-corrected chi connectivity index (χ4v) is 1.30. The zero-order valence-electron chi connectivity index (χ0n) is 9.83. The Labute approximate surface area is 92.4 Å². The van der Waals surface area contributed by atoms with Crippen molar-refractivity contribution in [2.24, 2.45) is 0 Å². The van der Waals surface area contributed by atoms with Crippen LogP contribution in [0.4, 0.5) is 0 Å². The van der Waals surface area contributed by atoms with Gasteiger partial charge in [0.25, 0.3) is 0 Å². The highest BCUT2D eigenvalue weighted by atomic mass is 16.6. The Bertz CT molecular complexity index is 165. The van der Waals surface area contributed by atoms with Crippen molar-refractivity contribution >= 4 is 0 Å². The Morgan fingerprint density at radius 3 is 1.73 bits per heavy atom. The van der Waals surface area contributed by atoms with Crippen LogP contribution in [-0.4, -0.2) is 38.6 Å². The van der Waals surface area contributed by atoms with E-state index in [1.165, 1.54) is 5.57 Å². The minimum atomic E-state index is 0.492. The molecular weight excluding hydrogens is 192 g/mol. The second-order valence-corrected chi connectivity index (χ2v) is 3.85. The molecular formula is C12H22O3. The highest BCUT2D eigenvalue weighted by Gasteiger charge is 2.27. The molecule has 2 atom stereocenters. The summed E-state index contributed by atoms with van der Waals surface area (Å²) < 4.78 is 15.0. The maximum absolute atomic E-state index is 5.08. The van der Waals surface area contributed by atoms with Crippen molar-refractivity contribution in [3.8, 4) is 0 Å². The largest absolute Gasteiger partial charge is 0.382 e. The van der Waals surface area contributed by atoms with Crippen molar-refractivity contribution in [2.45, 2.75) is 38.9 Å². The van der Waals surface area contributed by atoms with E-state index < -0.39 is 0 Å². The van der Waals surface area contributed by atoms with Gasteiger partial charge in [-0.1, -0.05) is 12.2 Å². The number of hydrogen-bond donors (Lipinski definition) is 0. The average Bonchev–Trinajstić information content (AvgIpc) is 3.03. The molecule has 0 spiro atoms. The van der Waals surface area contributed by atoms with Gasteiger partial charge in [0.2, 0.25) is 0 Å². The van der Waals surface area contributed by atoms with Crippen molar-refractivity contribution in [3.05, 3.63) is 12.2 Å². The first-order valence-electron chi connectivity index (χ1n) is 5.73. The molecule has 0 aromatic heterocycles. The van der Waals surface area contributed by atoms with Crippen LogP contribution in [0.3, 0.4) is 0 Å². The SMILES string of the molecule is C=C(CC1CO1)CC1CO1.CCOCC. The molecule has 0 N–H and O–H groups in total. The normalized spacial score (nSPS) is 26.5. The van der Waals surface area contributed by atoms with Crippen LogP contribution in [0.15, 0.2) is 12.2 Å². The van der Waals surface area contributed by atoms with Crippen LogP contribution < -0.4 is 0 Å². The Balaban J connectivity index is 0.000000195. The summed E-state index contributed by atoms with van der Waals surface area (Å²) in [7, 11) is 0. The van der Waals surface area contributed by atoms with Gasteiger partial charge in [-0.05, 0) is 26.7 Å². The fourth-order valence-electron chi connectivity index (χ4n) is 1.30. The third kappa shape index (κ3) is 7.54. The van der Waals surface area contributed by atoms with Crippen molar-refractivity contribution in [1.82, 2.24) is 0 Å². The summed E-state index contributed by atoms with van der Waals surface area (Å²) in [6.45, 7) is 11.5. The summed E-state index contributed by atoms with van der Waals surface area (Å²) in [6, 6.07) is 0. The molecule has 0 amide bonds. The predicted octanol–water partition coefficient (Wildman–Crippen LogP) is 2.16. The van der Waals surface area contributed by atoms with Crippen LogP contribution in [0.2, 0.25) is 0 Å². The van der Waals surface area contributed by atoms with Crippen molar-refractivity contribution < 1.29 is 14.2 Å². The third-order valence-electron chi connectivity index (χ3n) is 2.25. The molecule has 3 heteroatoms. The molecule has 2 aliphatic rings. The Morgan fingerprint density at radius 2 is 1.53 bits per heavy atom. The lowest BCUT2D eigenvalue weighted by molar-refractivity contribution is 0.162. The van der Waals surface area contributed by atoms with Crippen LogP contribution in [0.25, 0.3) is 0 Å². The van der Waals surface area contributed by atoms with Crippen LogP contribution in [0, 0.1) is 0 Å². The van der Waals surface area contributed by atoms with Gasteiger partial charge < -0.3 is 14.2 Å². The average molecular weight is 214 g/mol. The molecule has 0 aromatic rings. The van der Waals surface area contributed by atoms with Crippen molar-refractivity contribution in [3.63, 3.8) is 0 Å².